The van der Waals surface area contributed by atoms with Crippen LogP contribution in [0.1, 0.15) is 21.6 Å². The number of carbonyl (C=O) groups excluding carboxylic acids is 2. The molecule has 0 aliphatic rings. The van der Waals surface area contributed by atoms with E-state index in [-0.39, 0.29) is 5.69 Å². The Labute approximate surface area is 188 Å². The molecule has 2 amide bonds. The van der Waals surface area contributed by atoms with Crippen LogP contribution in [0.3, 0.4) is 0 Å². The summed E-state index contributed by atoms with van der Waals surface area (Å²) in [5, 5.41) is 14.8. The molecule has 0 unspecified atom stereocenters. The van der Waals surface area contributed by atoms with Gasteiger partial charge >= 0.3 is 0 Å². The third kappa shape index (κ3) is 5.08. The number of amides is 2. The van der Waals surface area contributed by atoms with Crippen LogP contribution in [0.15, 0.2) is 73.1 Å². The monoisotopic (exact) mass is 447 g/mol. The summed E-state index contributed by atoms with van der Waals surface area (Å²) >= 11 is 6.28. The molecule has 0 aliphatic carbocycles. The molecule has 9 nitrogen and oxygen atoms in total. The highest BCUT2D eigenvalue weighted by atomic mass is 35.5. The van der Waals surface area contributed by atoms with Crippen molar-refractivity contribution in [2.75, 3.05) is 0 Å². The minimum atomic E-state index is -0.585. The Bertz CT molecular complexity index is 1250. The number of nitrogens with one attached hydrogen (secondary N) is 3. The molecule has 2 aromatic carbocycles. The van der Waals surface area contributed by atoms with Crippen molar-refractivity contribution in [3.63, 3.8) is 0 Å². The Morgan fingerprint density at radius 1 is 1.06 bits per heavy atom. The Morgan fingerprint density at radius 2 is 1.84 bits per heavy atom. The predicted octanol–water partition coefficient (Wildman–Crippen LogP) is 2.84. The molecular formula is C22H18ClN7O2. The number of H-pyrrole nitrogens is 1. The molecule has 4 aromatic rings. The highest BCUT2D eigenvalue weighted by Gasteiger charge is 2.12. The Kier molecular flexibility index (Phi) is 6.38. The van der Waals surface area contributed by atoms with Gasteiger partial charge in [-0.3, -0.25) is 25.1 Å². The first-order valence-electron chi connectivity index (χ1n) is 9.60. The summed E-state index contributed by atoms with van der Waals surface area (Å²) in [6.45, 7) is 0.479. The lowest BCUT2D eigenvalue weighted by atomic mass is 10.1. The lowest BCUT2D eigenvalue weighted by molar-refractivity contribution is -0.117. The van der Waals surface area contributed by atoms with E-state index in [0.717, 1.165) is 16.7 Å². The van der Waals surface area contributed by atoms with E-state index in [4.69, 9.17) is 11.6 Å². The van der Waals surface area contributed by atoms with E-state index >= 15 is 0 Å². The van der Waals surface area contributed by atoms with Gasteiger partial charge in [-0.05, 0) is 17.7 Å². The number of nitrogens with zero attached hydrogens (tertiary/aromatic N) is 4. The van der Waals surface area contributed by atoms with Gasteiger partial charge in [0, 0.05) is 28.4 Å². The van der Waals surface area contributed by atoms with Crippen LogP contribution in [-0.2, 0) is 11.3 Å². The van der Waals surface area contributed by atoms with Crippen molar-refractivity contribution in [1.82, 2.24) is 36.0 Å². The highest BCUT2D eigenvalue weighted by molar-refractivity contribution is 6.31. The van der Waals surface area contributed by atoms with E-state index in [1.807, 2.05) is 60.8 Å². The molecule has 2 aromatic heterocycles. The molecule has 0 fully saturated rings. The Hall–Kier alpha value is -4.24. The first-order chi connectivity index (χ1) is 15.6. The topological polar surface area (TPSA) is 118 Å². The molecular weight excluding hydrogens is 430 g/mol. The van der Waals surface area contributed by atoms with Gasteiger partial charge in [0.25, 0.3) is 11.8 Å². The standard InChI is InChI=1S/C22H18ClN7O2/c23-18-9-5-4-8-16(18)13-30-14-17(21(28-30)15-6-2-1-3-7-15)10-11-20(31)26-27-22(32)19-12-24-29-25-19/h1-12,14H,13H2,(H,26,31)(H,27,32)(H,24,25,29). The maximum Gasteiger partial charge on any atom is 0.291 e. The smallest absolute Gasteiger partial charge is 0.268 e. The zero-order chi connectivity index (χ0) is 22.3. The molecule has 0 radical (unpaired) electrons. The molecule has 160 valence electrons. The Morgan fingerprint density at radius 3 is 2.59 bits per heavy atom. The number of rotatable bonds is 6. The van der Waals surface area contributed by atoms with Gasteiger partial charge in [-0.15, -0.1) is 0 Å². The predicted molar refractivity (Wildman–Crippen MR) is 119 cm³/mol. The zero-order valence-corrected chi connectivity index (χ0v) is 17.5. The first kappa shape index (κ1) is 21.0. The molecule has 0 bridgehead atoms. The first-order valence-corrected chi connectivity index (χ1v) is 9.98. The van der Waals surface area contributed by atoms with E-state index < -0.39 is 11.8 Å². The second kappa shape index (κ2) is 9.71. The zero-order valence-electron chi connectivity index (χ0n) is 16.7. The molecule has 0 saturated heterocycles. The molecule has 0 saturated carbocycles. The van der Waals surface area contributed by atoms with Crippen LogP contribution in [0.2, 0.25) is 5.02 Å². The SMILES string of the molecule is O=C(C=Cc1cn(Cc2ccccc2Cl)nc1-c1ccccc1)NNC(=O)c1cn[nH]n1. The largest absolute Gasteiger partial charge is 0.291 e. The van der Waals surface area contributed by atoms with Gasteiger partial charge in [-0.1, -0.05) is 60.1 Å². The minimum Gasteiger partial charge on any atom is -0.268 e. The van der Waals surface area contributed by atoms with E-state index in [2.05, 4.69) is 31.4 Å². The molecule has 2 heterocycles. The van der Waals surface area contributed by atoms with Crippen molar-refractivity contribution in [2.24, 2.45) is 0 Å². The van der Waals surface area contributed by atoms with Gasteiger partial charge < -0.3 is 0 Å². The van der Waals surface area contributed by atoms with E-state index in [9.17, 15) is 9.59 Å². The molecule has 10 heteroatoms. The van der Waals surface area contributed by atoms with Crippen molar-refractivity contribution in [3.05, 3.63) is 94.9 Å². The van der Waals surface area contributed by atoms with Gasteiger partial charge in [-0.25, -0.2) is 0 Å². The number of halogens is 1. The number of aromatic amines is 1. The minimum absolute atomic E-state index is 0.0569. The van der Waals surface area contributed by atoms with Gasteiger partial charge in [-0.2, -0.15) is 20.5 Å². The summed E-state index contributed by atoms with van der Waals surface area (Å²) in [4.78, 5) is 24.0. The van der Waals surface area contributed by atoms with E-state index in [0.29, 0.717) is 17.3 Å². The van der Waals surface area contributed by atoms with Gasteiger partial charge in [0.15, 0.2) is 5.69 Å². The van der Waals surface area contributed by atoms with Gasteiger partial charge in [0.1, 0.15) is 0 Å². The van der Waals surface area contributed by atoms with Crippen molar-refractivity contribution in [3.8, 4) is 11.3 Å². The number of hydrogen-bond donors (Lipinski definition) is 3. The van der Waals surface area contributed by atoms with Crippen LogP contribution in [-0.4, -0.2) is 37.0 Å². The van der Waals surface area contributed by atoms with Crippen LogP contribution in [0.25, 0.3) is 17.3 Å². The summed E-state index contributed by atoms with van der Waals surface area (Å²) in [6, 6.07) is 17.2. The molecule has 0 spiro atoms. The number of benzene rings is 2. The summed E-state index contributed by atoms with van der Waals surface area (Å²) in [6.07, 6.45) is 6.03. The van der Waals surface area contributed by atoms with Crippen molar-refractivity contribution < 1.29 is 9.59 Å². The summed E-state index contributed by atoms with van der Waals surface area (Å²) < 4.78 is 1.77. The molecule has 0 aliphatic heterocycles. The number of carbonyl (C=O) groups is 2. The van der Waals surface area contributed by atoms with Crippen molar-refractivity contribution in [2.45, 2.75) is 6.54 Å². The fourth-order valence-corrected chi connectivity index (χ4v) is 3.16. The normalized spacial score (nSPS) is 10.9. The fraction of sp³-hybridized carbons (Fsp3) is 0.0455. The van der Waals surface area contributed by atoms with Gasteiger partial charge in [0.2, 0.25) is 0 Å². The van der Waals surface area contributed by atoms with Crippen molar-refractivity contribution in [1.29, 1.82) is 0 Å². The van der Waals surface area contributed by atoms with Crippen LogP contribution >= 0.6 is 11.6 Å². The second-order valence-corrected chi connectivity index (χ2v) is 7.13. The fourth-order valence-electron chi connectivity index (χ4n) is 2.96. The molecule has 32 heavy (non-hydrogen) atoms. The summed E-state index contributed by atoms with van der Waals surface area (Å²) in [5.41, 5.74) is 7.91. The maximum absolute atomic E-state index is 12.2. The highest BCUT2D eigenvalue weighted by Crippen LogP contribution is 2.24. The van der Waals surface area contributed by atoms with Crippen LogP contribution in [0.4, 0.5) is 0 Å². The maximum atomic E-state index is 12.2. The Balaban J connectivity index is 1.52. The molecule has 3 N–H and O–H groups in total. The molecule has 4 rings (SSSR count). The summed E-state index contributed by atoms with van der Waals surface area (Å²) in [7, 11) is 0. The molecule has 0 atom stereocenters. The average molecular weight is 448 g/mol. The van der Waals surface area contributed by atoms with Crippen LogP contribution < -0.4 is 10.9 Å². The van der Waals surface area contributed by atoms with Crippen molar-refractivity contribution >= 4 is 29.5 Å². The lowest BCUT2D eigenvalue weighted by Crippen LogP contribution is -2.40. The lowest BCUT2D eigenvalue weighted by Gasteiger charge is -2.04. The number of aromatic nitrogens is 5. The van der Waals surface area contributed by atoms with Gasteiger partial charge in [0.05, 0.1) is 18.4 Å². The van der Waals surface area contributed by atoms with Crippen LogP contribution in [0, 0.1) is 0 Å². The number of hydrazine groups is 1. The third-order valence-corrected chi connectivity index (χ3v) is 4.86. The summed E-state index contributed by atoms with van der Waals surface area (Å²) in [5.74, 6) is -1.10. The second-order valence-electron chi connectivity index (χ2n) is 6.72. The quantitative estimate of drug-likeness (QED) is 0.310. The van der Waals surface area contributed by atoms with E-state index in [1.54, 1.807) is 10.8 Å². The van der Waals surface area contributed by atoms with Crippen LogP contribution in [0.5, 0.6) is 0 Å². The third-order valence-electron chi connectivity index (χ3n) is 4.49. The number of hydrogen-bond acceptors (Lipinski definition) is 5. The average Bonchev–Trinajstić information content (AvgIpc) is 3.49. The van der Waals surface area contributed by atoms with E-state index in [1.165, 1.54) is 12.3 Å².